The van der Waals surface area contributed by atoms with Gasteiger partial charge in [0.15, 0.2) is 6.61 Å². The highest BCUT2D eigenvalue weighted by molar-refractivity contribution is 7.89. The van der Waals surface area contributed by atoms with E-state index in [9.17, 15) is 18.0 Å². The number of hydrogen-bond acceptors (Lipinski definition) is 5. The summed E-state index contributed by atoms with van der Waals surface area (Å²) in [4.78, 5) is 22.7. The number of nitrogens with one attached hydrogen (secondary N) is 1. The van der Waals surface area contributed by atoms with E-state index in [2.05, 4.69) is 5.32 Å². The van der Waals surface area contributed by atoms with Crippen LogP contribution in [0.5, 0.6) is 5.75 Å². The zero-order valence-corrected chi connectivity index (χ0v) is 14.8. The Kier molecular flexibility index (Phi) is 6.38. The molecule has 1 aromatic rings. The van der Waals surface area contributed by atoms with Gasteiger partial charge in [-0.15, -0.1) is 0 Å². The van der Waals surface area contributed by atoms with Crippen LogP contribution in [0.2, 0.25) is 0 Å². The maximum atomic E-state index is 12.3. The number of hydrogen-bond donors (Lipinski definition) is 2. The van der Waals surface area contributed by atoms with E-state index in [1.54, 1.807) is 31.2 Å². The number of carbonyl (C=O) groups is 2. The second-order valence-electron chi connectivity index (χ2n) is 5.77. The fraction of sp³-hybridized carbons (Fsp3) is 0.500. The molecule has 1 amide bonds. The lowest BCUT2D eigenvalue weighted by atomic mass is 9.97. The smallest absolute Gasteiger partial charge is 0.341 e. The van der Waals surface area contributed by atoms with Crippen molar-refractivity contribution >= 4 is 27.6 Å². The normalized spacial score (nSPS) is 16.4. The molecule has 1 aliphatic rings. The first kappa shape index (κ1) is 19.2. The van der Waals surface area contributed by atoms with Gasteiger partial charge in [-0.2, -0.15) is 0 Å². The van der Waals surface area contributed by atoms with E-state index in [0.29, 0.717) is 37.4 Å². The number of carboxylic acids is 1. The van der Waals surface area contributed by atoms with Gasteiger partial charge in [0.05, 0.1) is 5.75 Å². The number of aliphatic carboxylic acids is 1. The predicted octanol–water partition coefficient (Wildman–Crippen LogP) is 1.15. The van der Waals surface area contributed by atoms with Crippen LogP contribution < -0.4 is 10.1 Å². The molecule has 0 aromatic heterocycles. The third-order valence-electron chi connectivity index (χ3n) is 4.07. The molecule has 0 saturated carbocycles. The number of carbonyl (C=O) groups excluding carboxylic acids is 1. The Hall–Kier alpha value is -2.13. The Morgan fingerprint density at radius 1 is 1.24 bits per heavy atom. The van der Waals surface area contributed by atoms with Crippen molar-refractivity contribution in [3.8, 4) is 5.75 Å². The molecule has 8 nitrogen and oxygen atoms in total. The van der Waals surface area contributed by atoms with Gasteiger partial charge in [0, 0.05) is 24.7 Å². The molecule has 0 radical (unpaired) electrons. The third kappa shape index (κ3) is 5.43. The summed E-state index contributed by atoms with van der Waals surface area (Å²) in [7, 11) is -3.20. The number of ether oxygens (including phenoxy) is 1. The summed E-state index contributed by atoms with van der Waals surface area (Å²) in [5.41, 5.74) is 0.580. The van der Waals surface area contributed by atoms with Crippen molar-refractivity contribution in [1.82, 2.24) is 4.31 Å². The third-order valence-corrected chi connectivity index (χ3v) is 5.95. The average molecular weight is 370 g/mol. The van der Waals surface area contributed by atoms with E-state index >= 15 is 0 Å². The largest absolute Gasteiger partial charge is 0.482 e. The summed E-state index contributed by atoms with van der Waals surface area (Å²) in [6.45, 7) is 1.90. The number of carboxylic acid groups (broad SMARTS) is 1. The summed E-state index contributed by atoms with van der Waals surface area (Å²) < 4.78 is 30.1. The second kappa shape index (κ2) is 8.30. The molecule has 1 saturated heterocycles. The Balaban J connectivity index is 1.85. The van der Waals surface area contributed by atoms with Crippen LogP contribution in [0, 0.1) is 5.92 Å². The lowest BCUT2D eigenvalue weighted by Crippen LogP contribution is -2.42. The second-order valence-corrected chi connectivity index (χ2v) is 8.03. The van der Waals surface area contributed by atoms with Crippen LogP contribution in [0.4, 0.5) is 5.69 Å². The molecule has 1 fully saturated rings. The Morgan fingerprint density at radius 2 is 1.84 bits per heavy atom. The number of nitrogens with zero attached hydrogens (tertiary/aromatic N) is 1. The standard InChI is InChI=1S/C16H22N2O6S/c1-2-25(22,23)18-9-7-12(8-10-18)16(21)17-13-3-5-14(6-4-13)24-11-15(19)20/h3-6,12H,2,7-11H2,1H3,(H,17,21)(H,19,20). The van der Waals surface area contributed by atoms with Crippen molar-refractivity contribution in [2.75, 3.05) is 30.8 Å². The minimum absolute atomic E-state index is 0.0696. The highest BCUT2D eigenvalue weighted by Crippen LogP contribution is 2.22. The van der Waals surface area contributed by atoms with Crippen molar-refractivity contribution in [3.63, 3.8) is 0 Å². The van der Waals surface area contributed by atoms with Gasteiger partial charge in [-0.1, -0.05) is 0 Å². The number of benzene rings is 1. The molecule has 2 N–H and O–H groups in total. The number of sulfonamides is 1. The molecule has 138 valence electrons. The van der Waals surface area contributed by atoms with Crippen LogP contribution >= 0.6 is 0 Å². The topological polar surface area (TPSA) is 113 Å². The molecular formula is C16H22N2O6S. The van der Waals surface area contributed by atoms with Crippen molar-refractivity contribution in [2.24, 2.45) is 5.92 Å². The van der Waals surface area contributed by atoms with Crippen molar-refractivity contribution in [3.05, 3.63) is 24.3 Å². The molecule has 2 rings (SSSR count). The van der Waals surface area contributed by atoms with Gasteiger partial charge in [-0.25, -0.2) is 17.5 Å². The lowest BCUT2D eigenvalue weighted by Gasteiger charge is -2.30. The monoisotopic (exact) mass is 370 g/mol. The van der Waals surface area contributed by atoms with Gasteiger partial charge >= 0.3 is 5.97 Å². The lowest BCUT2D eigenvalue weighted by molar-refractivity contribution is -0.139. The summed E-state index contributed by atoms with van der Waals surface area (Å²) in [6.07, 6.45) is 0.982. The molecule has 0 atom stereocenters. The number of anilines is 1. The Bertz CT molecular complexity index is 709. The van der Waals surface area contributed by atoms with Gasteiger partial charge in [0.2, 0.25) is 15.9 Å². The Morgan fingerprint density at radius 3 is 2.36 bits per heavy atom. The highest BCUT2D eigenvalue weighted by Gasteiger charge is 2.30. The van der Waals surface area contributed by atoms with E-state index in [1.165, 1.54) is 4.31 Å². The maximum absolute atomic E-state index is 12.3. The van der Waals surface area contributed by atoms with Gasteiger partial charge < -0.3 is 15.2 Å². The van der Waals surface area contributed by atoms with Crippen molar-refractivity contribution in [1.29, 1.82) is 0 Å². The minimum Gasteiger partial charge on any atom is -0.482 e. The van der Waals surface area contributed by atoms with Crippen LogP contribution in [0.25, 0.3) is 0 Å². The van der Waals surface area contributed by atoms with E-state index in [1.807, 2.05) is 0 Å². The van der Waals surface area contributed by atoms with Crippen LogP contribution in [0.1, 0.15) is 19.8 Å². The molecule has 0 aliphatic carbocycles. The molecule has 1 heterocycles. The van der Waals surface area contributed by atoms with Crippen molar-refractivity contribution < 1.29 is 27.9 Å². The van der Waals surface area contributed by atoms with E-state index in [0.717, 1.165) is 0 Å². The number of amides is 1. The van der Waals surface area contributed by atoms with Gasteiger partial charge in [0.1, 0.15) is 5.75 Å². The van der Waals surface area contributed by atoms with Crippen molar-refractivity contribution in [2.45, 2.75) is 19.8 Å². The SMILES string of the molecule is CCS(=O)(=O)N1CCC(C(=O)Nc2ccc(OCC(=O)O)cc2)CC1. The van der Waals surface area contributed by atoms with Crippen LogP contribution in [-0.2, 0) is 19.6 Å². The first-order valence-corrected chi connectivity index (χ1v) is 9.66. The number of piperidine rings is 1. The molecular weight excluding hydrogens is 348 g/mol. The fourth-order valence-electron chi connectivity index (χ4n) is 2.60. The van der Waals surface area contributed by atoms with Crippen LogP contribution in [-0.4, -0.2) is 55.2 Å². The first-order chi connectivity index (χ1) is 11.8. The quantitative estimate of drug-likeness (QED) is 0.744. The van der Waals surface area contributed by atoms with E-state index in [4.69, 9.17) is 9.84 Å². The molecule has 1 aliphatic heterocycles. The highest BCUT2D eigenvalue weighted by atomic mass is 32.2. The molecule has 0 spiro atoms. The van der Waals surface area contributed by atoms with Gasteiger partial charge in [-0.05, 0) is 44.0 Å². The Labute approximate surface area is 146 Å². The molecule has 1 aromatic carbocycles. The molecule has 0 unspecified atom stereocenters. The van der Waals surface area contributed by atoms with Crippen LogP contribution in [0.15, 0.2) is 24.3 Å². The van der Waals surface area contributed by atoms with E-state index in [-0.39, 0.29) is 17.6 Å². The zero-order chi connectivity index (χ0) is 18.4. The average Bonchev–Trinajstić information content (AvgIpc) is 2.61. The summed E-state index contributed by atoms with van der Waals surface area (Å²) in [6, 6.07) is 6.42. The van der Waals surface area contributed by atoms with E-state index < -0.39 is 22.6 Å². The molecule has 25 heavy (non-hydrogen) atoms. The summed E-state index contributed by atoms with van der Waals surface area (Å²) in [5, 5.41) is 11.3. The first-order valence-electron chi connectivity index (χ1n) is 8.05. The van der Waals surface area contributed by atoms with Gasteiger partial charge in [0.25, 0.3) is 0 Å². The summed E-state index contributed by atoms with van der Waals surface area (Å²) in [5.74, 6) is -0.966. The fourth-order valence-corrected chi connectivity index (χ4v) is 3.73. The molecule has 9 heteroatoms. The van der Waals surface area contributed by atoms with Crippen LogP contribution in [0.3, 0.4) is 0 Å². The predicted molar refractivity (Wildman–Crippen MR) is 92.0 cm³/mol. The molecule has 0 bridgehead atoms. The summed E-state index contributed by atoms with van der Waals surface area (Å²) >= 11 is 0. The maximum Gasteiger partial charge on any atom is 0.341 e. The van der Waals surface area contributed by atoms with Gasteiger partial charge in [-0.3, -0.25) is 4.79 Å². The number of rotatable bonds is 7. The minimum atomic E-state index is -3.20. The zero-order valence-electron chi connectivity index (χ0n) is 14.0.